The van der Waals surface area contributed by atoms with Crippen LogP contribution in [-0.4, -0.2) is 19.0 Å². The first-order valence-corrected chi connectivity index (χ1v) is 18.7. The highest BCUT2D eigenvalue weighted by Crippen LogP contribution is 2.42. The molecule has 0 saturated heterocycles. The van der Waals surface area contributed by atoms with Crippen LogP contribution in [0.3, 0.4) is 0 Å². The normalized spacial score (nSPS) is 12.2. The summed E-state index contributed by atoms with van der Waals surface area (Å²) in [5.74, 6) is -2.36. The van der Waals surface area contributed by atoms with E-state index >= 15 is 0 Å². The summed E-state index contributed by atoms with van der Waals surface area (Å²) >= 11 is 19.6. The predicted molar refractivity (Wildman–Crippen MR) is 218 cm³/mol. The lowest BCUT2D eigenvalue weighted by Gasteiger charge is -2.24. The fourth-order valence-electron chi connectivity index (χ4n) is 6.60. The van der Waals surface area contributed by atoms with Gasteiger partial charge in [-0.3, -0.25) is 9.59 Å². The van der Waals surface area contributed by atoms with Gasteiger partial charge in [-0.05, 0) is 122 Å². The van der Waals surface area contributed by atoms with Gasteiger partial charge in [0.05, 0.1) is 19.1 Å². The van der Waals surface area contributed by atoms with Gasteiger partial charge in [0.2, 0.25) is 0 Å². The van der Waals surface area contributed by atoms with Crippen molar-refractivity contribution in [2.45, 2.75) is 44.7 Å². The molecule has 0 aromatic heterocycles. The zero-order valence-corrected chi connectivity index (χ0v) is 33.1. The number of halogens is 6. The smallest absolute Gasteiger partial charge is 0.416 e. The number of hydrogen-bond acceptors (Lipinski definition) is 4. The molecule has 1 atom stereocenters. The Kier molecular flexibility index (Phi) is 12.0. The lowest BCUT2D eigenvalue weighted by atomic mass is 9.81. The van der Waals surface area contributed by atoms with Crippen LogP contribution in [0.4, 0.5) is 13.2 Å². The molecule has 0 aliphatic heterocycles. The molecular weight excluding hydrogens is 780 g/mol. The number of methoxy groups -OCH3 is 1. The average molecular weight is 816 g/mol. The van der Waals surface area contributed by atoms with Crippen LogP contribution in [0.15, 0.2) is 127 Å². The number of carbonyl (C=O) groups excluding carboxylic acids is 2. The van der Waals surface area contributed by atoms with Crippen LogP contribution in [0.5, 0.6) is 5.75 Å². The first-order chi connectivity index (χ1) is 26.5. The number of ether oxygens (including phenoxy) is 2. The largest absolute Gasteiger partial charge is 0.497 e. The minimum Gasteiger partial charge on any atom is -0.497 e. The molecule has 0 aliphatic rings. The van der Waals surface area contributed by atoms with Crippen molar-refractivity contribution >= 4 is 46.7 Å². The van der Waals surface area contributed by atoms with Crippen LogP contribution in [0, 0.1) is 0 Å². The maximum Gasteiger partial charge on any atom is 0.416 e. The number of carbonyl (C=O) groups is 2. The Hall–Kier alpha value is -5.08. The van der Waals surface area contributed by atoms with Gasteiger partial charge in [0.1, 0.15) is 11.7 Å². The summed E-state index contributed by atoms with van der Waals surface area (Å²) in [4.78, 5) is 28.5. The second kappa shape index (κ2) is 16.6. The van der Waals surface area contributed by atoms with Gasteiger partial charge in [-0.15, -0.1) is 0 Å². The highest BCUT2D eigenvalue weighted by molar-refractivity contribution is 6.31. The molecule has 0 N–H and O–H groups in total. The molecular formula is C46H36Cl3F3O4. The Bertz CT molecular complexity index is 2380. The molecule has 0 heterocycles. The van der Waals surface area contributed by atoms with Crippen LogP contribution in [0.2, 0.25) is 15.1 Å². The Balaban J connectivity index is 1.44. The van der Waals surface area contributed by atoms with E-state index in [4.69, 9.17) is 44.3 Å². The average Bonchev–Trinajstić information content (AvgIpc) is 3.15. The molecule has 56 heavy (non-hydrogen) atoms. The van der Waals surface area contributed by atoms with Crippen LogP contribution in [0.1, 0.15) is 54.5 Å². The van der Waals surface area contributed by atoms with Gasteiger partial charge in [0, 0.05) is 15.1 Å². The van der Waals surface area contributed by atoms with Crippen molar-refractivity contribution in [3.8, 4) is 39.1 Å². The molecule has 10 heteroatoms. The third-order valence-corrected chi connectivity index (χ3v) is 10.2. The van der Waals surface area contributed by atoms with E-state index < -0.39 is 36.0 Å². The van der Waals surface area contributed by atoms with Gasteiger partial charge in [-0.25, -0.2) is 0 Å². The molecule has 6 aromatic carbocycles. The first kappa shape index (κ1) is 40.6. The molecule has 0 saturated carbocycles. The SMILES string of the molecule is COc1ccc(-c2ccc(Cl)cc2C(C(=O)OC(=O)Cc2cc(Cl)ccc2-c2ccc(C(F)(F)F)cc2)c2cc(Cl)ccc2-c2ccc(C(C)(C)C)cc2)cc1. The Morgan fingerprint density at radius 2 is 1.02 bits per heavy atom. The highest BCUT2D eigenvalue weighted by Gasteiger charge is 2.33. The van der Waals surface area contributed by atoms with E-state index in [0.29, 0.717) is 54.7 Å². The van der Waals surface area contributed by atoms with Gasteiger partial charge < -0.3 is 9.47 Å². The van der Waals surface area contributed by atoms with E-state index in [1.165, 1.54) is 18.2 Å². The monoisotopic (exact) mass is 814 g/mol. The van der Waals surface area contributed by atoms with Crippen LogP contribution in [-0.2, 0) is 32.3 Å². The molecule has 6 aromatic rings. The van der Waals surface area contributed by atoms with E-state index in [0.717, 1.165) is 28.8 Å². The molecule has 1 unspecified atom stereocenters. The Morgan fingerprint density at radius 1 is 0.589 bits per heavy atom. The van der Waals surface area contributed by atoms with E-state index in [1.807, 2.05) is 42.5 Å². The summed E-state index contributed by atoms with van der Waals surface area (Å²) in [6.45, 7) is 6.36. The maximum absolute atomic E-state index is 14.7. The molecule has 0 spiro atoms. The molecule has 0 bridgehead atoms. The highest BCUT2D eigenvalue weighted by atomic mass is 35.5. The Labute approximate surface area is 338 Å². The summed E-state index contributed by atoms with van der Waals surface area (Å²) in [5.41, 5.74) is 5.27. The van der Waals surface area contributed by atoms with Gasteiger partial charge in [0.15, 0.2) is 0 Å². The number of alkyl halides is 3. The van der Waals surface area contributed by atoms with Crippen molar-refractivity contribution < 1.29 is 32.2 Å². The predicted octanol–water partition coefficient (Wildman–Crippen LogP) is 13.4. The standard InChI is InChI=1S/C46H36Cl3F3O4/c1-45(2,3)31-11-5-28(6-12-31)38-21-16-34(48)25-40(38)43(41-26-35(49)17-22-39(41)29-9-18-36(55-4)19-10-29)44(54)56-42(53)24-30-23-33(47)15-20-37(30)27-7-13-32(14-8-27)46(50,51)52/h5-23,25-26,43H,24H2,1-4H3. The number of hydrogen-bond donors (Lipinski definition) is 0. The van der Waals surface area contributed by atoms with Crippen LogP contribution in [0.25, 0.3) is 33.4 Å². The fraction of sp³-hybridized carbons (Fsp3) is 0.174. The molecule has 286 valence electrons. The van der Waals surface area contributed by atoms with E-state index in [1.54, 1.807) is 61.7 Å². The summed E-state index contributed by atoms with van der Waals surface area (Å²) in [6.07, 6.45) is -4.93. The molecule has 4 nitrogen and oxygen atoms in total. The molecule has 0 fully saturated rings. The van der Waals surface area contributed by atoms with E-state index in [-0.39, 0.29) is 10.4 Å². The zero-order chi connectivity index (χ0) is 40.4. The zero-order valence-electron chi connectivity index (χ0n) is 30.8. The summed E-state index contributed by atoms with van der Waals surface area (Å²) in [7, 11) is 1.57. The van der Waals surface area contributed by atoms with Crippen molar-refractivity contribution in [3.63, 3.8) is 0 Å². The van der Waals surface area contributed by atoms with Crippen LogP contribution >= 0.6 is 34.8 Å². The minimum absolute atomic E-state index is 0.0997. The van der Waals surface area contributed by atoms with Crippen LogP contribution < -0.4 is 4.74 Å². The number of rotatable bonds is 9. The number of benzene rings is 6. The molecule has 6 rings (SSSR count). The quantitative estimate of drug-likeness (QED) is 0.108. The van der Waals surface area contributed by atoms with Gasteiger partial charge >= 0.3 is 18.1 Å². The summed E-state index contributed by atoms with van der Waals surface area (Å²) in [6, 6.07) is 35.0. The van der Waals surface area contributed by atoms with E-state index in [2.05, 4.69) is 20.8 Å². The number of esters is 2. The lowest BCUT2D eigenvalue weighted by Crippen LogP contribution is -2.23. The maximum atomic E-state index is 14.7. The van der Waals surface area contributed by atoms with Gasteiger partial charge in [0.25, 0.3) is 0 Å². The second-order valence-electron chi connectivity index (χ2n) is 14.3. The van der Waals surface area contributed by atoms with Gasteiger partial charge in [-0.2, -0.15) is 13.2 Å². The topological polar surface area (TPSA) is 52.6 Å². The second-order valence-corrected chi connectivity index (χ2v) is 15.6. The fourth-order valence-corrected chi connectivity index (χ4v) is 7.16. The van der Waals surface area contributed by atoms with Crippen molar-refractivity contribution in [1.29, 1.82) is 0 Å². The van der Waals surface area contributed by atoms with Crippen molar-refractivity contribution in [2.24, 2.45) is 0 Å². The summed E-state index contributed by atoms with van der Waals surface area (Å²) < 4.78 is 51.0. The molecule has 0 amide bonds. The van der Waals surface area contributed by atoms with Gasteiger partial charge in [-0.1, -0.05) is 122 Å². The van der Waals surface area contributed by atoms with E-state index in [9.17, 15) is 22.8 Å². The van der Waals surface area contributed by atoms with Crippen molar-refractivity contribution in [1.82, 2.24) is 0 Å². The molecule has 0 radical (unpaired) electrons. The van der Waals surface area contributed by atoms with Crippen molar-refractivity contribution in [3.05, 3.63) is 170 Å². The lowest BCUT2D eigenvalue weighted by molar-refractivity contribution is -0.159. The third kappa shape index (κ3) is 9.30. The van der Waals surface area contributed by atoms with Crippen molar-refractivity contribution in [2.75, 3.05) is 7.11 Å². The Morgan fingerprint density at radius 3 is 1.48 bits per heavy atom. The third-order valence-electron chi connectivity index (χ3n) is 9.49. The minimum atomic E-state index is -4.52. The first-order valence-electron chi connectivity index (χ1n) is 17.6. The summed E-state index contributed by atoms with van der Waals surface area (Å²) in [5, 5.41) is 0.990. The molecule has 0 aliphatic carbocycles.